The summed E-state index contributed by atoms with van der Waals surface area (Å²) in [6, 6.07) is 5.15. The Labute approximate surface area is 161 Å². The van der Waals surface area contributed by atoms with Gasteiger partial charge in [0.15, 0.2) is 6.29 Å². The lowest BCUT2D eigenvalue weighted by atomic mass is 9.82. The van der Waals surface area contributed by atoms with Crippen molar-refractivity contribution in [2.75, 3.05) is 19.0 Å². The van der Waals surface area contributed by atoms with E-state index in [1.807, 2.05) is 6.07 Å². The van der Waals surface area contributed by atoms with Gasteiger partial charge in [-0.25, -0.2) is 4.39 Å². The molecule has 2 rings (SSSR count). The van der Waals surface area contributed by atoms with Crippen LogP contribution in [0.1, 0.15) is 47.0 Å². The number of ether oxygens (including phenoxy) is 2. The van der Waals surface area contributed by atoms with E-state index in [1.54, 1.807) is 45.5 Å². The van der Waals surface area contributed by atoms with E-state index in [9.17, 15) is 9.50 Å². The first-order valence-corrected chi connectivity index (χ1v) is 10.2. The molecule has 26 heavy (non-hydrogen) atoms. The molecular weight excluding hydrogens is 354 g/mol. The first-order chi connectivity index (χ1) is 12.2. The summed E-state index contributed by atoms with van der Waals surface area (Å²) in [5.41, 5.74) is -1.30. The molecule has 1 heterocycles. The average Bonchev–Trinajstić information content (AvgIpc) is 2.58. The van der Waals surface area contributed by atoms with Crippen molar-refractivity contribution in [1.82, 2.24) is 0 Å². The van der Waals surface area contributed by atoms with Crippen molar-refractivity contribution in [3.05, 3.63) is 24.0 Å². The van der Waals surface area contributed by atoms with Crippen LogP contribution in [0, 0.1) is 5.82 Å². The van der Waals surface area contributed by atoms with E-state index in [0.717, 1.165) is 36.5 Å². The topological polar surface area (TPSA) is 47.9 Å². The molecular formula is C19H30BFO4S. The van der Waals surface area contributed by atoms with Crippen LogP contribution in [0.15, 0.2) is 23.1 Å². The number of aliphatic hydroxyl groups is 1. The quantitative estimate of drug-likeness (QED) is 0.403. The van der Waals surface area contributed by atoms with Gasteiger partial charge in [-0.2, -0.15) is 0 Å². The normalized spacial score (nSPS) is 18.8. The summed E-state index contributed by atoms with van der Waals surface area (Å²) in [7, 11) is 0.121. The highest BCUT2D eigenvalue weighted by atomic mass is 32.2. The molecule has 0 bridgehead atoms. The number of thioether (sulfide) groups is 1. The number of rotatable bonds is 9. The smallest absolute Gasteiger partial charge is 0.312 e. The number of halogens is 1. The van der Waals surface area contributed by atoms with E-state index in [1.165, 1.54) is 6.07 Å². The zero-order chi connectivity index (χ0) is 19.2. The Bertz CT molecular complexity index is 571. The number of hydrogen-bond acceptors (Lipinski definition) is 5. The van der Waals surface area contributed by atoms with Gasteiger partial charge in [-0.1, -0.05) is 6.07 Å². The molecule has 1 saturated heterocycles. The van der Waals surface area contributed by atoms with Gasteiger partial charge in [0.05, 0.1) is 17.8 Å². The molecule has 1 atom stereocenters. The standard InChI is InChI=1S/C19H30BFO4S/c1-18(2,22)19(3,4)25-20-15-9-8-14(13-16(15)21)26-12-11-24-17-7-5-6-10-23-17/h8-9,13,17,20,22H,5-7,10-12H2,1-4H3. The maximum atomic E-state index is 14.3. The number of benzene rings is 1. The fourth-order valence-corrected chi connectivity index (χ4v) is 3.12. The van der Waals surface area contributed by atoms with Crippen molar-refractivity contribution in [3.63, 3.8) is 0 Å². The molecule has 7 heteroatoms. The van der Waals surface area contributed by atoms with Crippen molar-refractivity contribution in [1.29, 1.82) is 0 Å². The van der Waals surface area contributed by atoms with Crippen molar-refractivity contribution < 1.29 is 23.6 Å². The molecule has 0 radical (unpaired) electrons. The molecule has 1 fully saturated rings. The molecule has 0 aliphatic carbocycles. The van der Waals surface area contributed by atoms with Crippen molar-refractivity contribution in [2.24, 2.45) is 0 Å². The fourth-order valence-electron chi connectivity index (χ4n) is 2.35. The minimum absolute atomic E-state index is 0.0836. The van der Waals surface area contributed by atoms with Gasteiger partial charge in [0.2, 0.25) is 0 Å². The van der Waals surface area contributed by atoms with Crippen LogP contribution in [-0.2, 0) is 14.1 Å². The van der Waals surface area contributed by atoms with Crippen LogP contribution in [0.2, 0.25) is 0 Å². The second-order valence-corrected chi connectivity index (χ2v) is 8.79. The lowest BCUT2D eigenvalue weighted by molar-refractivity contribution is -0.158. The Morgan fingerprint density at radius 2 is 2.08 bits per heavy atom. The molecule has 0 saturated carbocycles. The summed E-state index contributed by atoms with van der Waals surface area (Å²) in [5.74, 6) is 0.457. The molecule has 1 aromatic rings. The lowest BCUT2D eigenvalue weighted by Crippen LogP contribution is -2.49. The molecule has 1 N–H and O–H groups in total. The van der Waals surface area contributed by atoms with Crippen molar-refractivity contribution in [2.45, 2.75) is 69.3 Å². The largest absolute Gasteiger partial charge is 0.427 e. The van der Waals surface area contributed by atoms with E-state index in [4.69, 9.17) is 14.1 Å². The lowest BCUT2D eigenvalue weighted by Gasteiger charge is -2.37. The van der Waals surface area contributed by atoms with Crippen LogP contribution in [0.4, 0.5) is 4.39 Å². The predicted octanol–water partition coefficient (Wildman–Crippen LogP) is 3.00. The van der Waals surface area contributed by atoms with Gasteiger partial charge in [0.25, 0.3) is 0 Å². The Balaban J connectivity index is 1.77. The highest BCUT2D eigenvalue weighted by Gasteiger charge is 2.35. The van der Waals surface area contributed by atoms with Crippen LogP contribution >= 0.6 is 11.8 Å². The third-order valence-corrected chi connectivity index (χ3v) is 5.84. The van der Waals surface area contributed by atoms with Gasteiger partial charge in [-0.3, -0.25) is 0 Å². The van der Waals surface area contributed by atoms with Gasteiger partial charge >= 0.3 is 7.48 Å². The van der Waals surface area contributed by atoms with Crippen LogP contribution in [0.25, 0.3) is 0 Å². The summed E-state index contributed by atoms with van der Waals surface area (Å²) in [6.45, 7) is 8.32. The van der Waals surface area contributed by atoms with E-state index in [-0.39, 0.29) is 19.6 Å². The van der Waals surface area contributed by atoms with Crippen LogP contribution < -0.4 is 5.46 Å². The van der Waals surface area contributed by atoms with E-state index in [0.29, 0.717) is 12.1 Å². The van der Waals surface area contributed by atoms with Gasteiger partial charge < -0.3 is 19.2 Å². The third kappa shape index (κ3) is 6.53. The summed E-state index contributed by atoms with van der Waals surface area (Å²) < 4.78 is 31.3. The highest BCUT2D eigenvalue weighted by Crippen LogP contribution is 2.24. The zero-order valence-electron chi connectivity index (χ0n) is 16.2. The summed E-state index contributed by atoms with van der Waals surface area (Å²) >= 11 is 1.56. The Morgan fingerprint density at radius 3 is 2.69 bits per heavy atom. The van der Waals surface area contributed by atoms with Gasteiger partial charge in [-0.05, 0) is 64.6 Å². The monoisotopic (exact) mass is 384 g/mol. The molecule has 0 aromatic heterocycles. The summed E-state index contributed by atoms with van der Waals surface area (Å²) in [6.07, 6.45) is 3.13. The number of hydrogen-bond donors (Lipinski definition) is 1. The van der Waals surface area contributed by atoms with Gasteiger partial charge in [0, 0.05) is 17.3 Å². The molecule has 1 aliphatic rings. The second-order valence-electron chi connectivity index (χ2n) is 7.63. The zero-order valence-corrected chi connectivity index (χ0v) is 17.0. The molecule has 0 amide bonds. The van der Waals surface area contributed by atoms with E-state index >= 15 is 0 Å². The van der Waals surface area contributed by atoms with E-state index < -0.39 is 11.2 Å². The fraction of sp³-hybridized carbons (Fsp3) is 0.684. The minimum Gasteiger partial charge on any atom is -0.427 e. The highest BCUT2D eigenvalue weighted by molar-refractivity contribution is 7.99. The predicted molar refractivity (Wildman–Crippen MR) is 105 cm³/mol. The third-order valence-electron chi connectivity index (χ3n) is 4.88. The van der Waals surface area contributed by atoms with Crippen molar-refractivity contribution in [3.8, 4) is 0 Å². The Kier molecular flexibility index (Phi) is 7.98. The van der Waals surface area contributed by atoms with Gasteiger partial charge in [0.1, 0.15) is 5.82 Å². The summed E-state index contributed by atoms with van der Waals surface area (Å²) in [4.78, 5) is 0.862. The molecule has 4 nitrogen and oxygen atoms in total. The molecule has 1 aliphatic heterocycles. The Morgan fingerprint density at radius 1 is 1.31 bits per heavy atom. The first-order valence-electron chi connectivity index (χ1n) is 9.20. The molecule has 146 valence electrons. The van der Waals surface area contributed by atoms with E-state index in [2.05, 4.69) is 0 Å². The molecule has 0 spiro atoms. The van der Waals surface area contributed by atoms with Crippen molar-refractivity contribution >= 4 is 24.7 Å². The molecule has 1 unspecified atom stereocenters. The maximum Gasteiger partial charge on any atom is 0.312 e. The first kappa shape index (κ1) is 21.7. The summed E-state index contributed by atoms with van der Waals surface area (Å²) in [5, 5.41) is 10.1. The SMILES string of the molecule is CC(C)(O)C(C)(C)OBc1ccc(SCCOC2CCCCO2)cc1F. The molecule has 1 aromatic carbocycles. The van der Waals surface area contributed by atoms with Crippen LogP contribution in [0.3, 0.4) is 0 Å². The minimum atomic E-state index is -1.01. The maximum absolute atomic E-state index is 14.3. The average molecular weight is 384 g/mol. The second kappa shape index (κ2) is 9.56. The van der Waals surface area contributed by atoms with Gasteiger partial charge in [-0.15, -0.1) is 11.8 Å². The van der Waals surface area contributed by atoms with Crippen LogP contribution in [-0.4, -0.2) is 49.0 Å². The Hall–Kier alpha value is -0.595. The van der Waals surface area contributed by atoms with Crippen LogP contribution in [0.5, 0.6) is 0 Å².